The zero-order valence-corrected chi connectivity index (χ0v) is 16.9. The number of carbonyl (C=O) groups is 1. The molecule has 136 valence electrons. The van der Waals surface area contributed by atoms with Crippen LogP contribution in [0.15, 0.2) is 11.1 Å². The summed E-state index contributed by atoms with van der Waals surface area (Å²) in [4.78, 5) is 24.1. The van der Waals surface area contributed by atoms with Crippen LogP contribution in [-0.4, -0.2) is 27.2 Å². The van der Waals surface area contributed by atoms with Crippen LogP contribution in [0.3, 0.4) is 0 Å². The van der Waals surface area contributed by atoms with E-state index in [1.54, 1.807) is 23.1 Å². The molecule has 0 saturated heterocycles. The van der Waals surface area contributed by atoms with Gasteiger partial charge in [-0.1, -0.05) is 44.4 Å². The van der Waals surface area contributed by atoms with Crippen LogP contribution in [0.1, 0.15) is 63.1 Å². The van der Waals surface area contributed by atoms with Crippen molar-refractivity contribution in [1.29, 1.82) is 0 Å². The summed E-state index contributed by atoms with van der Waals surface area (Å²) in [6, 6.07) is 2.52. The lowest BCUT2D eigenvalue weighted by molar-refractivity contribution is -0.121. The van der Waals surface area contributed by atoms with Crippen LogP contribution in [0.5, 0.6) is 0 Å². The van der Waals surface area contributed by atoms with Gasteiger partial charge in [-0.15, -0.1) is 11.3 Å². The molecule has 1 saturated carbocycles. The van der Waals surface area contributed by atoms with E-state index in [1.807, 2.05) is 13.8 Å². The van der Waals surface area contributed by atoms with Gasteiger partial charge in [-0.25, -0.2) is 9.97 Å². The summed E-state index contributed by atoms with van der Waals surface area (Å²) in [6.07, 6.45) is 8.29. The van der Waals surface area contributed by atoms with Gasteiger partial charge in [-0.2, -0.15) is 0 Å². The van der Waals surface area contributed by atoms with E-state index >= 15 is 0 Å². The molecule has 0 bridgehead atoms. The molecule has 6 heteroatoms. The molecule has 0 radical (unpaired) electrons. The number of fused-ring (bicyclic) bond motifs is 1. The van der Waals surface area contributed by atoms with Gasteiger partial charge < -0.3 is 5.32 Å². The Morgan fingerprint density at radius 1 is 1.32 bits per heavy atom. The Morgan fingerprint density at radius 2 is 2.04 bits per heavy atom. The highest BCUT2D eigenvalue weighted by molar-refractivity contribution is 8.00. The van der Waals surface area contributed by atoms with Crippen LogP contribution in [0.25, 0.3) is 10.2 Å². The molecule has 1 N–H and O–H groups in total. The number of hydrogen-bond acceptors (Lipinski definition) is 5. The molecule has 1 aliphatic carbocycles. The summed E-state index contributed by atoms with van der Waals surface area (Å²) in [6.45, 7) is 6.05. The summed E-state index contributed by atoms with van der Waals surface area (Å²) in [5, 5.41) is 5.13. The lowest BCUT2D eigenvalue weighted by Gasteiger charge is -2.19. The molecule has 2 aromatic heterocycles. The number of rotatable bonds is 5. The van der Waals surface area contributed by atoms with E-state index in [4.69, 9.17) is 0 Å². The molecule has 2 heterocycles. The van der Waals surface area contributed by atoms with Crippen LogP contribution < -0.4 is 5.32 Å². The number of thioether (sulfide) groups is 1. The fourth-order valence-electron chi connectivity index (χ4n) is 3.27. The first-order chi connectivity index (χ1) is 12.1. The molecule has 4 nitrogen and oxygen atoms in total. The number of amides is 1. The second-order valence-electron chi connectivity index (χ2n) is 6.82. The minimum absolute atomic E-state index is 0.132. The van der Waals surface area contributed by atoms with Gasteiger partial charge in [0.05, 0.1) is 5.25 Å². The van der Waals surface area contributed by atoms with E-state index in [1.165, 1.54) is 30.6 Å². The van der Waals surface area contributed by atoms with Crippen LogP contribution in [0.2, 0.25) is 0 Å². The Balaban J connectivity index is 1.71. The predicted octanol–water partition coefficient (Wildman–Crippen LogP) is 4.88. The third-order valence-corrected chi connectivity index (χ3v) is 7.00. The largest absolute Gasteiger partial charge is 0.352 e. The number of nitrogens with zero attached hydrogens (tertiary/aromatic N) is 2. The maximum atomic E-state index is 12.6. The van der Waals surface area contributed by atoms with Crippen molar-refractivity contribution < 1.29 is 4.79 Å². The van der Waals surface area contributed by atoms with Crippen molar-refractivity contribution in [3.8, 4) is 0 Å². The van der Waals surface area contributed by atoms with Crippen molar-refractivity contribution in [1.82, 2.24) is 15.3 Å². The fourth-order valence-corrected chi connectivity index (χ4v) is 5.33. The third kappa shape index (κ3) is 4.73. The summed E-state index contributed by atoms with van der Waals surface area (Å²) in [5.41, 5.74) is 0. The Morgan fingerprint density at radius 3 is 2.72 bits per heavy atom. The van der Waals surface area contributed by atoms with Gasteiger partial charge in [0.1, 0.15) is 15.7 Å². The molecule has 2 aromatic rings. The monoisotopic (exact) mass is 377 g/mol. The minimum Gasteiger partial charge on any atom is -0.352 e. The number of carbonyl (C=O) groups excluding carboxylic acids is 1. The highest BCUT2D eigenvalue weighted by atomic mass is 32.2. The third-order valence-electron chi connectivity index (χ3n) is 4.73. The van der Waals surface area contributed by atoms with Gasteiger partial charge in [0, 0.05) is 16.3 Å². The molecular formula is C19H27N3OS2. The quantitative estimate of drug-likeness (QED) is 0.458. The average Bonchev–Trinajstić information content (AvgIpc) is 2.83. The van der Waals surface area contributed by atoms with E-state index in [-0.39, 0.29) is 11.2 Å². The minimum atomic E-state index is -0.147. The first-order valence-corrected chi connectivity index (χ1v) is 11.0. The summed E-state index contributed by atoms with van der Waals surface area (Å²) in [7, 11) is 0. The number of nitrogens with one attached hydrogen (secondary N) is 1. The molecule has 25 heavy (non-hydrogen) atoms. The highest BCUT2D eigenvalue weighted by Crippen LogP contribution is 2.33. The fraction of sp³-hybridized carbons (Fsp3) is 0.632. The van der Waals surface area contributed by atoms with E-state index in [9.17, 15) is 4.79 Å². The zero-order chi connectivity index (χ0) is 17.8. The molecule has 1 amide bonds. The number of aromatic nitrogens is 2. The van der Waals surface area contributed by atoms with Crippen LogP contribution in [-0.2, 0) is 11.2 Å². The molecule has 0 aliphatic heterocycles. The van der Waals surface area contributed by atoms with Crippen molar-refractivity contribution >= 4 is 39.2 Å². The van der Waals surface area contributed by atoms with Crippen LogP contribution >= 0.6 is 23.1 Å². The maximum absolute atomic E-state index is 12.6. The topological polar surface area (TPSA) is 54.9 Å². The van der Waals surface area contributed by atoms with Crippen LogP contribution in [0.4, 0.5) is 0 Å². The zero-order valence-electron chi connectivity index (χ0n) is 15.3. The van der Waals surface area contributed by atoms with Crippen molar-refractivity contribution in [2.45, 2.75) is 82.0 Å². The van der Waals surface area contributed by atoms with E-state index in [0.29, 0.717) is 6.04 Å². The SMILES string of the molecule is CCc1cc2c(SC(C)C(=O)NC3CCCCCC3)nc(C)nc2s1. The van der Waals surface area contributed by atoms with E-state index in [2.05, 4.69) is 28.3 Å². The number of thiophene rings is 1. The maximum Gasteiger partial charge on any atom is 0.233 e. The Bertz CT molecular complexity index is 736. The smallest absolute Gasteiger partial charge is 0.233 e. The molecule has 3 rings (SSSR count). The molecule has 0 spiro atoms. The second-order valence-corrected chi connectivity index (χ2v) is 9.26. The van der Waals surface area contributed by atoms with Crippen molar-refractivity contribution in [3.63, 3.8) is 0 Å². The Labute approximate surface area is 158 Å². The van der Waals surface area contributed by atoms with Gasteiger partial charge >= 0.3 is 0 Å². The average molecular weight is 378 g/mol. The number of hydrogen-bond donors (Lipinski definition) is 1. The van der Waals surface area contributed by atoms with Gasteiger partial charge in [-0.3, -0.25) is 4.79 Å². The van der Waals surface area contributed by atoms with E-state index < -0.39 is 0 Å². The molecular weight excluding hydrogens is 350 g/mol. The van der Waals surface area contributed by atoms with Gasteiger partial charge in [-0.05, 0) is 39.2 Å². The lowest BCUT2D eigenvalue weighted by atomic mass is 10.1. The van der Waals surface area contributed by atoms with Gasteiger partial charge in [0.15, 0.2) is 0 Å². The van der Waals surface area contributed by atoms with Gasteiger partial charge in [0.25, 0.3) is 0 Å². The molecule has 0 aromatic carbocycles. The first-order valence-electron chi connectivity index (χ1n) is 9.31. The molecule has 1 fully saturated rings. The summed E-state index contributed by atoms with van der Waals surface area (Å²) < 4.78 is 0. The summed E-state index contributed by atoms with van der Waals surface area (Å²) >= 11 is 3.28. The molecule has 1 unspecified atom stereocenters. The van der Waals surface area contributed by atoms with Crippen molar-refractivity contribution in [2.75, 3.05) is 0 Å². The first kappa shape index (κ1) is 18.6. The van der Waals surface area contributed by atoms with Gasteiger partial charge in [0.2, 0.25) is 5.91 Å². The Kier molecular flexibility index (Phi) is 6.34. The standard InChI is InChI=1S/C19H27N3OS2/c1-4-15-11-16-18(20-13(3)21-19(16)25-15)24-12(2)17(23)22-14-9-7-5-6-8-10-14/h11-12,14H,4-10H2,1-3H3,(H,22,23). The molecule has 1 aliphatic rings. The lowest BCUT2D eigenvalue weighted by Crippen LogP contribution is -2.39. The normalized spacial score (nSPS) is 17.4. The predicted molar refractivity (Wildman–Crippen MR) is 106 cm³/mol. The van der Waals surface area contributed by atoms with Crippen LogP contribution in [0, 0.1) is 6.92 Å². The second kappa shape index (κ2) is 8.49. The summed E-state index contributed by atoms with van der Waals surface area (Å²) in [5.74, 6) is 0.906. The molecule has 1 atom stereocenters. The van der Waals surface area contributed by atoms with Crippen molar-refractivity contribution in [3.05, 3.63) is 16.8 Å². The van der Waals surface area contributed by atoms with Crippen molar-refractivity contribution in [2.24, 2.45) is 0 Å². The number of aryl methyl sites for hydroxylation is 2. The Hall–Kier alpha value is -1.14. The van der Waals surface area contributed by atoms with E-state index in [0.717, 1.165) is 40.3 Å². The highest BCUT2D eigenvalue weighted by Gasteiger charge is 2.21.